The zero-order valence-electron chi connectivity index (χ0n) is 10.2. The Kier molecular flexibility index (Phi) is 3.19. The van der Waals surface area contributed by atoms with Gasteiger partial charge < -0.3 is 10.4 Å². The molecule has 1 saturated heterocycles. The molecule has 0 radical (unpaired) electrons. The van der Waals surface area contributed by atoms with E-state index in [1.807, 2.05) is 44.2 Å². The summed E-state index contributed by atoms with van der Waals surface area (Å²) >= 11 is 0. The lowest BCUT2D eigenvalue weighted by Crippen LogP contribution is -2.55. The molecule has 0 unspecified atom stereocenters. The summed E-state index contributed by atoms with van der Waals surface area (Å²) in [6.07, 6.45) is 0. The van der Waals surface area contributed by atoms with Gasteiger partial charge in [-0.05, 0) is 5.56 Å². The average molecular weight is 230 g/mol. The van der Waals surface area contributed by atoms with Gasteiger partial charge in [0.05, 0.1) is 6.07 Å². The number of piperidine rings is 1. The number of rotatable bonds is 1. The number of nitriles is 1. The molecule has 2 rings (SSSR count). The van der Waals surface area contributed by atoms with Gasteiger partial charge in [-0.25, -0.2) is 0 Å². The molecule has 0 saturated carbocycles. The van der Waals surface area contributed by atoms with Crippen molar-refractivity contribution in [3.63, 3.8) is 0 Å². The van der Waals surface area contributed by atoms with Crippen LogP contribution in [0.4, 0.5) is 0 Å². The van der Waals surface area contributed by atoms with E-state index in [1.165, 1.54) is 0 Å². The van der Waals surface area contributed by atoms with Crippen molar-refractivity contribution in [3.8, 4) is 6.07 Å². The molecular formula is C14H18N2O. The zero-order chi connectivity index (χ0) is 12.5. The highest BCUT2D eigenvalue weighted by Gasteiger charge is 2.47. The van der Waals surface area contributed by atoms with E-state index in [9.17, 15) is 10.4 Å². The Morgan fingerprint density at radius 1 is 1.35 bits per heavy atom. The summed E-state index contributed by atoms with van der Waals surface area (Å²) < 4.78 is 0. The van der Waals surface area contributed by atoms with Gasteiger partial charge in [0.15, 0.2) is 5.60 Å². The molecule has 4 atom stereocenters. The van der Waals surface area contributed by atoms with E-state index in [4.69, 9.17) is 0 Å². The Hall–Kier alpha value is -1.37. The predicted molar refractivity (Wildman–Crippen MR) is 66.1 cm³/mol. The molecule has 0 spiro atoms. The van der Waals surface area contributed by atoms with Gasteiger partial charge in [0.1, 0.15) is 0 Å². The van der Waals surface area contributed by atoms with E-state index < -0.39 is 5.60 Å². The van der Waals surface area contributed by atoms with Crippen LogP contribution in [0.1, 0.15) is 25.5 Å². The highest BCUT2D eigenvalue weighted by Crippen LogP contribution is 2.38. The van der Waals surface area contributed by atoms with Crippen molar-refractivity contribution in [2.75, 3.05) is 6.54 Å². The Morgan fingerprint density at radius 3 is 2.59 bits per heavy atom. The van der Waals surface area contributed by atoms with Crippen molar-refractivity contribution in [1.29, 1.82) is 5.26 Å². The molecule has 1 aromatic carbocycles. The number of aliphatic hydroxyl groups is 1. The number of nitrogens with zero attached hydrogens (tertiary/aromatic N) is 1. The third kappa shape index (κ3) is 1.95. The summed E-state index contributed by atoms with van der Waals surface area (Å²) in [5, 5.41) is 23.1. The Morgan fingerprint density at radius 2 is 2.00 bits per heavy atom. The SMILES string of the molecule is C[C@@H]1[C@@H](c2ccccc2)NC[C@H](C)[C@@]1(O)C#N. The van der Waals surface area contributed by atoms with E-state index in [0.29, 0.717) is 6.54 Å². The maximum absolute atomic E-state index is 10.4. The van der Waals surface area contributed by atoms with Crippen LogP contribution in [0.25, 0.3) is 0 Å². The number of hydrogen-bond donors (Lipinski definition) is 2. The fourth-order valence-electron chi connectivity index (χ4n) is 2.62. The largest absolute Gasteiger partial charge is 0.375 e. The number of nitrogens with one attached hydrogen (secondary N) is 1. The topological polar surface area (TPSA) is 56.0 Å². The Bertz CT molecular complexity index is 426. The van der Waals surface area contributed by atoms with Gasteiger partial charge in [-0.1, -0.05) is 44.2 Å². The predicted octanol–water partition coefficient (Wildman–Crippen LogP) is 1.86. The van der Waals surface area contributed by atoms with Gasteiger partial charge in [-0.3, -0.25) is 0 Å². The molecule has 1 aliphatic rings. The van der Waals surface area contributed by atoms with Crippen LogP contribution in [0, 0.1) is 23.2 Å². The summed E-state index contributed by atoms with van der Waals surface area (Å²) in [6, 6.07) is 12.1. The summed E-state index contributed by atoms with van der Waals surface area (Å²) in [7, 11) is 0. The van der Waals surface area contributed by atoms with Crippen LogP contribution in [0.3, 0.4) is 0 Å². The van der Waals surface area contributed by atoms with Crippen LogP contribution in [0.5, 0.6) is 0 Å². The monoisotopic (exact) mass is 230 g/mol. The second-order valence-electron chi connectivity index (χ2n) is 4.92. The van der Waals surface area contributed by atoms with Crippen molar-refractivity contribution in [2.24, 2.45) is 11.8 Å². The van der Waals surface area contributed by atoms with E-state index in [1.54, 1.807) is 0 Å². The average Bonchev–Trinajstić information content (AvgIpc) is 2.37. The molecule has 0 bridgehead atoms. The van der Waals surface area contributed by atoms with Gasteiger partial charge in [0.2, 0.25) is 0 Å². The molecular weight excluding hydrogens is 212 g/mol. The van der Waals surface area contributed by atoms with Gasteiger partial charge >= 0.3 is 0 Å². The quantitative estimate of drug-likeness (QED) is 0.724. The Balaban J connectivity index is 2.31. The normalized spacial score (nSPS) is 37.4. The minimum atomic E-state index is -1.24. The van der Waals surface area contributed by atoms with Crippen molar-refractivity contribution >= 4 is 0 Å². The molecule has 1 aliphatic heterocycles. The van der Waals surface area contributed by atoms with Gasteiger partial charge in [-0.15, -0.1) is 0 Å². The summed E-state index contributed by atoms with van der Waals surface area (Å²) in [4.78, 5) is 0. The van der Waals surface area contributed by atoms with Gasteiger partial charge in [0, 0.05) is 24.4 Å². The molecule has 3 heteroatoms. The molecule has 1 heterocycles. The summed E-state index contributed by atoms with van der Waals surface area (Å²) in [5.74, 6) is -0.180. The molecule has 0 amide bonds. The molecule has 0 aliphatic carbocycles. The van der Waals surface area contributed by atoms with Gasteiger partial charge in [0.25, 0.3) is 0 Å². The van der Waals surface area contributed by atoms with Crippen LogP contribution in [-0.4, -0.2) is 17.3 Å². The third-order valence-corrected chi connectivity index (χ3v) is 3.93. The zero-order valence-corrected chi connectivity index (χ0v) is 10.2. The first kappa shape index (κ1) is 12.1. The summed E-state index contributed by atoms with van der Waals surface area (Å²) in [6.45, 7) is 4.51. The van der Waals surface area contributed by atoms with Crippen molar-refractivity contribution < 1.29 is 5.11 Å². The third-order valence-electron chi connectivity index (χ3n) is 3.93. The van der Waals surface area contributed by atoms with Crippen molar-refractivity contribution in [2.45, 2.75) is 25.5 Å². The molecule has 3 nitrogen and oxygen atoms in total. The van der Waals surface area contributed by atoms with Crippen molar-refractivity contribution in [3.05, 3.63) is 35.9 Å². The van der Waals surface area contributed by atoms with E-state index in [2.05, 4.69) is 11.4 Å². The molecule has 17 heavy (non-hydrogen) atoms. The summed E-state index contributed by atoms with van der Waals surface area (Å²) in [5.41, 5.74) is -0.119. The fraction of sp³-hybridized carbons (Fsp3) is 0.500. The lowest BCUT2D eigenvalue weighted by atomic mass is 9.71. The van der Waals surface area contributed by atoms with E-state index in [0.717, 1.165) is 5.56 Å². The maximum atomic E-state index is 10.4. The molecule has 0 aromatic heterocycles. The molecule has 2 N–H and O–H groups in total. The number of benzene rings is 1. The van der Waals surface area contributed by atoms with E-state index >= 15 is 0 Å². The molecule has 1 aromatic rings. The fourth-order valence-corrected chi connectivity index (χ4v) is 2.62. The smallest absolute Gasteiger partial charge is 0.159 e. The first-order valence-corrected chi connectivity index (χ1v) is 6.01. The van der Waals surface area contributed by atoms with Crippen molar-refractivity contribution in [1.82, 2.24) is 5.32 Å². The second kappa shape index (κ2) is 4.48. The minimum absolute atomic E-state index is 0.0389. The van der Waals surface area contributed by atoms with E-state index in [-0.39, 0.29) is 17.9 Å². The molecule has 90 valence electrons. The minimum Gasteiger partial charge on any atom is -0.375 e. The standard InChI is InChI=1S/C14H18N2O/c1-10-8-16-13(11(2)14(10,17)9-15)12-6-4-3-5-7-12/h3-7,10-11,13,16-17H,8H2,1-2H3/t10-,11+,13-,14-/m0/s1. The lowest BCUT2D eigenvalue weighted by Gasteiger charge is -2.43. The van der Waals surface area contributed by atoms with Crippen LogP contribution >= 0.6 is 0 Å². The van der Waals surface area contributed by atoms with Crippen LogP contribution in [0.15, 0.2) is 30.3 Å². The first-order valence-electron chi connectivity index (χ1n) is 6.01. The first-order chi connectivity index (χ1) is 8.09. The molecule has 1 fully saturated rings. The van der Waals surface area contributed by atoms with Crippen LogP contribution in [-0.2, 0) is 0 Å². The second-order valence-corrected chi connectivity index (χ2v) is 4.92. The number of hydrogen-bond acceptors (Lipinski definition) is 3. The maximum Gasteiger partial charge on any atom is 0.159 e. The van der Waals surface area contributed by atoms with Crippen LogP contribution in [0.2, 0.25) is 0 Å². The highest BCUT2D eigenvalue weighted by atomic mass is 16.3. The lowest BCUT2D eigenvalue weighted by molar-refractivity contribution is -0.0446. The van der Waals surface area contributed by atoms with Gasteiger partial charge in [-0.2, -0.15) is 5.26 Å². The highest BCUT2D eigenvalue weighted by molar-refractivity contribution is 5.24. The van der Waals surface area contributed by atoms with Crippen LogP contribution < -0.4 is 5.32 Å². The Labute approximate surface area is 102 Å².